The lowest BCUT2D eigenvalue weighted by atomic mass is 9.80. The van der Waals surface area contributed by atoms with Crippen molar-refractivity contribution >= 4 is 23.4 Å². The van der Waals surface area contributed by atoms with E-state index in [4.69, 9.17) is 15.2 Å². The second-order valence-electron chi connectivity index (χ2n) is 7.95. The summed E-state index contributed by atoms with van der Waals surface area (Å²) >= 11 is 0. The van der Waals surface area contributed by atoms with E-state index >= 15 is 0 Å². The Labute approximate surface area is 196 Å². The van der Waals surface area contributed by atoms with Gasteiger partial charge in [0, 0.05) is 17.7 Å². The van der Waals surface area contributed by atoms with Crippen LogP contribution in [0.2, 0.25) is 0 Å². The van der Waals surface area contributed by atoms with Crippen LogP contribution in [0.5, 0.6) is 0 Å². The number of benzene rings is 2. The molecule has 1 aliphatic carbocycles. The van der Waals surface area contributed by atoms with Crippen LogP contribution >= 0.6 is 0 Å². The number of esters is 2. The summed E-state index contributed by atoms with van der Waals surface area (Å²) in [6.45, 7) is 0. The van der Waals surface area contributed by atoms with Gasteiger partial charge in [0.25, 0.3) is 0 Å². The molecule has 172 valence electrons. The summed E-state index contributed by atoms with van der Waals surface area (Å²) in [5.41, 5.74) is 8.72. The van der Waals surface area contributed by atoms with Gasteiger partial charge in [-0.25, -0.2) is 9.59 Å². The summed E-state index contributed by atoms with van der Waals surface area (Å²) in [5.74, 6) is -2.61. The number of nitrogens with two attached hydrogens (primary N) is 1. The summed E-state index contributed by atoms with van der Waals surface area (Å²) < 4.78 is 10.1. The third kappa shape index (κ3) is 3.71. The summed E-state index contributed by atoms with van der Waals surface area (Å²) in [6.07, 6.45) is 1.96. The van der Waals surface area contributed by atoms with Crippen molar-refractivity contribution in [2.24, 2.45) is 5.73 Å². The molecule has 1 atom stereocenters. The van der Waals surface area contributed by atoms with Crippen LogP contribution in [0, 0.1) is 11.3 Å². The van der Waals surface area contributed by atoms with Crippen molar-refractivity contribution in [1.82, 2.24) is 0 Å². The van der Waals surface area contributed by atoms with Crippen LogP contribution in [0.25, 0.3) is 0 Å². The highest BCUT2D eigenvalue weighted by Crippen LogP contribution is 2.43. The Hall–Kier alpha value is -4.38. The SMILES string of the molecule is COC(=O)C1=C(C(=O)OC)N(c2ccc3c(c2)C(=O)CCC3)C(N)=C(C#N)C1c1ccccc1. The fourth-order valence-corrected chi connectivity index (χ4v) is 4.54. The molecule has 1 unspecified atom stereocenters. The van der Waals surface area contributed by atoms with Crippen LogP contribution < -0.4 is 10.6 Å². The number of hydrogen-bond donors (Lipinski definition) is 1. The first-order valence-electron chi connectivity index (χ1n) is 10.7. The van der Waals surface area contributed by atoms with Crippen LogP contribution in [0.15, 0.2) is 71.2 Å². The van der Waals surface area contributed by atoms with Gasteiger partial charge in [-0.05, 0) is 36.1 Å². The number of ether oxygens (including phenoxy) is 2. The summed E-state index contributed by atoms with van der Waals surface area (Å²) in [6, 6.07) is 16.0. The molecule has 0 bridgehead atoms. The number of hydrogen-bond acceptors (Lipinski definition) is 8. The lowest BCUT2D eigenvalue weighted by Crippen LogP contribution is -2.40. The molecule has 0 saturated carbocycles. The van der Waals surface area contributed by atoms with Gasteiger partial charge >= 0.3 is 11.9 Å². The van der Waals surface area contributed by atoms with E-state index in [9.17, 15) is 19.6 Å². The Balaban J connectivity index is 2.03. The summed E-state index contributed by atoms with van der Waals surface area (Å²) in [7, 11) is 2.39. The van der Waals surface area contributed by atoms with E-state index in [0.717, 1.165) is 18.4 Å². The van der Waals surface area contributed by atoms with Crippen molar-refractivity contribution in [1.29, 1.82) is 5.26 Å². The highest BCUT2D eigenvalue weighted by atomic mass is 16.5. The predicted molar refractivity (Wildman–Crippen MR) is 123 cm³/mol. The Morgan fingerprint density at radius 3 is 2.41 bits per heavy atom. The molecule has 2 aliphatic rings. The molecule has 8 heteroatoms. The van der Waals surface area contributed by atoms with Crippen molar-refractivity contribution in [3.8, 4) is 6.07 Å². The normalized spacial score (nSPS) is 17.7. The number of carbonyl (C=O) groups is 3. The number of Topliss-reactive ketones (excluding diaryl/α,β-unsaturated/α-hetero) is 1. The zero-order valence-electron chi connectivity index (χ0n) is 18.8. The fourth-order valence-electron chi connectivity index (χ4n) is 4.54. The average molecular weight is 457 g/mol. The zero-order chi connectivity index (χ0) is 24.4. The highest BCUT2D eigenvalue weighted by molar-refractivity contribution is 6.07. The van der Waals surface area contributed by atoms with Gasteiger partial charge in [-0.2, -0.15) is 5.26 Å². The summed E-state index contributed by atoms with van der Waals surface area (Å²) in [5, 5.41) is 10.1. The first-order valence-corrected chi connectivity index (χ1v) is 10.7. The topological polar surface area (TPSA) is 123 Å². The second-order valence-corrected chi connectivity index (χ2v) is 7.95. The third-order valence-corrected chi connectivity index (χ3v) is 6.11. The molecule has 2 aromatic carbocycles. The maximum Gasteiger partial charge on any atom is 0.355 e. The van der Waals surface area contributed by atoms with Crippen molar-refractivity contribution in [3.05, 3.63) is 87.9 Å². The third-order valence-electron chi connectivity index (χ3n) is 6.11. The number of carbonyl (C=O) groups excluding carboxylic acids is 3. The molecule has 1 aliphatic heterocycles. The van der Waals surface area contributed by atoms with Gasteiger partial charge in [-0.15, -0.1) is 0 Å². The monoisotopic (exact) mass is 457 g/mol. The molecule has 0 aromatic heterocycles. The minimum atomic E-state index is -0.941. The van der Waals surface area contributed by atoms with Gasteiger partial charge in [0.2, 0.25) is 0 Å². The molecule has 0 spiro atoms. The molecule has 2 N–H and O–H groups in total. The summed E-state index contributed by atoms with van der Waals surface area (Å²) in [4.78, 5) is 40.0. The largest absolute Gasteiger partial charge is 0.466 e. The van der Waals surface area contributed by atoms with Crippen molar-refractivity contribution in [2.75, 3.05) is 19.1 Å². The maximum absolute atomic E-state index is 13.1. The molecule has 4 rings (SSSR count). The number of allylic oxidation sites excluding steroid dienone is 1. The van der Waals surface area contributed by atoms with Gasteiger partial charge in [0.15, 0.2) is 5.78 Å². The smallest absolute Gasteiger partial charge is 0.355 e. The molecular formula is C26H23N3O5. The standard InChI is InChI=1S/C26H23N3O5/c1-33-25(31)22-21(16-7-4-3-5-8-16)19(14-27)24(28)29(23(22)26(32)34-2)17-12-11-15-9-6-10-20(30)18(15)13-17/h3-5,7-8,11-13,21H,6,9-10,28H2,1-2H3. The average Bonchev–Trinajstić information content (AvgIpc) is 2.87. The number of aryl methyl sites for hydroxylation is 1. The van der Waals surface area contributed by atoms with Crippen LogP contribution in [0.1, 0.15) is 40.2 Å². The number of methoxy groups -OCH3 is 2. The highest BCUT2D eigenvalue weighted by Gasteiger charge is 2.43. The Bertz CT molecular complexity index is 1290. The quantitative estimate of drug-likeness (QED) is 0.695. The lowest BCUT2D eigenvalue weighted by Gasteiger charge is -2.36. The molecule has 2 aromatic rings. The van der Waals surface area contributed by atoms with Gasteiger partial charge in [0.05, 0.1) is 37.4 Å². The molecule has 34 heavy (non-hydrogen) atoms. The van der Waals surface area contributed by atoms with Gasteiger partial charge < -0.3 is 15.2 Å². The molecular weight excluding hydrogens is 434 g/mol. The maximum atomic E-state index is 13.1. The van der Waals surface area contributed by atoms with E-state index < -0.39 is 17.9 Å². The minimum absolute atomic E-state index is 0.0119. The predicted octanol–water partition coefficient (Wildman–Crippen LogP) is 3.10. The molecule has 8 nitrogen and oxygen atoms in total. The van der Waals surface area contributed by atoms with E-state index in [1.165, 1.54) is 19.1 Å². The van der Waals surface area contributed by atoms with Crippen molar-refractivity contribution in [2.45, 2.75) is 25.2 Å². The Morgan fingerprint density at radius 1 is 1.06 bits per heavy atom. The van der Waals surface area contributed by atoms with E-state index in [1.807, 2.05) is 0 Å². The number of fused-ring (bicyclic) bond motifs is 1. The molecule has 0 saturated heterocycles. The van der Waals surface area contributed by atoms with Crippen LogP contribution in [-0.4, -0.2) is 31.9 Å². The molecule has 0 fully saturated rings. The van der Waals surface area contributed by atoms with E-state index in [0.29, 0.717) is 23.2 Å². The molecule has 0 radical (unpaired) electrons. The van der Waals surface area contributed by atoms with Gasteiger partial charge in [-0.3, -0.25) is 9.69 Å². The van der Waals surface area contributed by atoms with Crippen molar-refractivity contribution in [3.63, 3.8) is 0 Å². The first-order chi connectivity index (χ1) is 16.4. The zero-order valence-corrected chi connectivity index (χ0v) is 18.8. The fraction of sp³-hybridized carbons (Fsp3) is 0.231. The number of ketones is 1. The van der Waals surface area contributed by atoms with Gasteiger partial charge in [-0.1, -0.05) is 36.4 Å². The Morgan fingerprint density at radius 2 is 1.76 bits per heavy atom. The number of nitriles is 1. The number of rotatable bonds is 4. The minimum Gasteiger partial charge on any atom is -0.466 e. The van der Waals surface area contributed by atoms with E-state index in [-0.39, 0.29) is 28.4 Å². The lowest BCUT2D eigenvalue weighted by molar-refractivity contribution is -0.139. The van der Waals surface area contributed by atoms with Gasteiger partial charge in [0.1, 0.15) is 11.5 Å². The first kappa shape index (κ1) is 22.8. The van der Waals surface area contributed by atoms with E-state index in [1.54, 1.807) is 48.5 Å². The van der Waals surface area contributed by atoms with Crippen LogP contribution in [-0.2, 0) is 25.5 Å². The molecule has 1 heterocycles. The van der Waals surface area contributed by atoms with Crippen molar-refractivity contribution < 1.29 is 23.9 Å². The Kier molecular flexibility index (Phi) is 6.19. The molecule has 0 amide bonds. The van der Waals surface area contributed by atoms with Crippen LogP contribution in [0.3, 0.4) is 0 Å². The van der Waals surface area contributed by atoms with E-state index in [2.05, 4.69) is 6.07 Å². The second kappa shape index (κ2) is 9.24. The van der Waals surface area contributed by atoms with Crippen LogP contribution in [0.4, 0.5) is 5.69 Å². The number of nitrogens with zero attached hydrogens (tertiary/aromatic N) is 2. The number of anilines is 1.